The van der Waals surface area contributed by atoms with Crippen LogP contribution < -0.4 is 14.8 Å². The molecule has 1 N–H and O–H groups in total. The molecule has 1 aliphatic heterocycles. The quantitative estimate of drug-likeness (QED) is 0.913. The summed E-state index contributed by atoms with van der Waals surface area (Å²) in [5.74, 6) is 0.993. The Morgan fingerprint density at radius 3 is 2.21 bits per heavy atom. The van der Waals surface area contributed by atoms with Gasteiger partial charge in [-0.2, -0.15) is 0 Å². The third-order valence-corrected chi connectivity index (χ3v) is 3.55. The van der Waals surface area contributed by atoms with Gasteiger partial charge in [-0.3, -0.25) is 4.79 Å². The van der Waals surface area contributed by atoms with Gasteiger partial charge in [-0.15, -0.1) is 0 Å². The number of nitrogens with zero attached hydrogens (tertiary/aromatic N) is 1. The lowest BCUT2D eigenvalue weighted by atomic mass is 10.1. The molecule has 104 valence electrons. The minimum atomic E-state index is -0.0531. The van der Waals surface area contributed by atoms with E-state index in [2.05, 4.69) is 21.2 Å². The number of hydrogen-bond acceptors (Lipinski definition) is 4. The lowest BCUT2D eigenvalue weighted by Gasteiger charge is -2.28. The summed E-state index contributed by atoms with van der Waals surface area (Å²) in [6, 6.07) is 3.55. The first-order valence-electron chi connectivity index (χ1n) is 6.09. The predicted molar refractivity (Wildman–Crippen MR) is 76.0 cm³/mol. The molecule has 0 bridgehead atoms. The SMILES string of the molecule is COc1cc(Br)cc(OC)c1C(=O)N1CCNCC1. The van der Waals surface area contributed by atoms with Crippen molar-refractivity contribution < 1.29 is 14.3 Å². The summed E-state index contributed by atoms with van der Waals surface area (Å²) < 4.78 is 11.4. The maximum Gasteiger partial charge on any atom is 0.261 e. The van der Waals surface area contributed by atoms with E-state index in [9.17, 15) is 4.79 Å². The van der Waals surface area contributed by atoms with Crippen LogP contribution in [0.4, 0.5) is 0 Å². The van der Waals surface area contributed by atoms with Crippen LogP contribution in [0.5, 0.6) is 11.5 Å². The Hall–Kier alpha value is -1.27. The van der Waals surface area contributed by atoms with Crippen LogP contribution in [0.3, 0.4) is 0 Å². The molecule has 1 aromatic carbocycles. The van der Waals surface area contributed by atoms with Gasteiger partial charge in [0.2, 0.25) is 0 Å². The van der Waals surface area contributed by atoms with Crippen molar-refractivity contribution in [3.63, 3.8) is 0 Å². The number of piperazine rings is 1. The average Bonchev–Trinajstić information content (AvgIpc) is 2.46. The van der Waals surface area contributed by atoms with Gasteiger partial charge in [0.15, 0.2) is 0 Å². The zero-order chi connectivity index (χ0) is 13.8. The summed E-state index contributed by atoms with van der Waals surface area (Å²) in [4.78, 5) is 14.4. The van der Waals surface area contributed by atoms with Crippen LogP contribution in [-0.2, 0) is 0 Å². The number of carbonyl (C=O) groups excluding carboxylic acids is 1. The lowest BCUT2D eigenvalue weighted by Crippen LogP contribution is -2.46. The normalized spacial score (nSPS) is 15.2. The van der Waals surface area contributed by atoms with E-state index >= 15 is 0 Å². The van der Waals surface area contributed by atoms with Gasteiger partial charge in [0, 0.05) is 30.7 Å². The molecule has 0 aromatic heterocycles. The maximum absolute atomic E-state index is 12.6. The number of rotatable bonds is 3. The number of amides is 1. The van der Waals surface area contributed by atoms with E-state index in [4.69, 9.17) is 9.47 Å². The summed E-state index contributed by atoms with van der Waals surface area (Å²) >= 11 is 3.38. The molecule has 0 spiro atoms. The fourth-order valence-corrected chi connectivity index (χ4v) is 2.53. The van der Waals surface area contributed by atoms with Gasteiger partial charge >= 0.3 is 0 Å². The molecule has 19 heavy (non-hydrogen) atoms. The minimum Gasteiger partial charge on any atom is -0.496 e. The minimum absolute atomic E-state index is 0.0531. The molecule has 5 nitrogen and oxygen atoms in total. The van der Waals surface area contributed by atoms with Crippen molar-refractivity contribution in [1.29, 1.82) is 0 Å². The Labute approximate surface area is 121 Å². The van der Waals surface area contributed by atoms with Gasteiger partial charge in [0.05, 0.1) is 14.2 Å². The molecule has 1 aromatic rings. The molecular weight excluding hydrogens is 312 g/mol. The second-order valence-electron chi connectivity index (χ2n) is 4.23. The highest BCUT2D eigenvalue weighted by Gasteiger charge is 2.25. The Bertz CT molecular complexity index is 448. The molecule has 0 atom stereocenters. The van der Waals surface area contributed by atoms with Gasteiger partial charge in [-0.25, -0.2) is 0 Å². The third kappa shape index (κ3) is 3.01. The zero-order valence-electron chi connectivity index (χ0n) is 11.0. The second-order valence-corrected chi connectivity index (χ2v) is 5.14. The van der Waals surface area contributed by atoms with E-state index < -0.39 is 0 Å². The standard InChI is InChI=1S/C13H17BrN2O3/c1-18-10-7-9(14)8-11(19-2)12(10)13(17)16-5-3-15-4-6-16/h7-8,15H,3-6H2,1-2H3. The van der Waals surface area contributed by atoms with Gasteiger partial charge in [0.25, 0.3) is 5.91 Å². The van der Waals surface area contributed by atoms with Crippen LogP contribution >= 0.6 is 15.9 Å². The Morgan fingerprint density at radius 2 is 1.74 bits per heavy atom. The molecule has 1 heterocycles. The average molecular weight is 329 g/mol. The van der Waals surface area contributed by atoms with E-state index in [-0.39, 0.29) is 5.91 Å². The van der Waals surface area contributed by atoms with E-state index in [0.29, 0.717) is 30.2 Å². The monoisotopic (exact) mass is 328 g/mol. The number of benzene rings is 1. The van der Waals surface area contributed by atoms with Crippen molar-refractivity contribution in [2.75, 3.05) is 40.4 Å². The molecule has 0 saturated carbocycles. The Balaban J connectivity index is 2.38. The predicted octanol–water partition coefficient (Wildman–Crippen LogP) is 1.51. The molecule has 1 fully saturated rings. The number of carbonyl (C=O) groups is 1. The Kier molecular flexibility index (Phi) is 4.66. The summed E-state index contributed by atoms with van der Waals surface area (Å²) in [5, 5.41) is 3.22. The van der Waals surface area contributed by atoms with Gasteiger partial charge in [-0.05, 0) is 12.1 Å². The van der Waals surface area contributed by atoms with Crippen molar-refractivity contribution >= 4 is 21.8 Å². The number of hydrogen-bond donors (Lipinski definition) is 1. The Morgan fingerprint density at radius 1 is 1.21 bits per heavy atom. The first-order valence-corrected chi connectivity index (χ1v) is 6.88. The fourth-order valence-electron chi connectivity index (χ4n) is 2.12. The van der Waals surface area contributed by atoms with Crippen LogP contribution in [0.15, 0.2) is 16.6 Å². The van der Waals surface area contributed by atoms with Crippen LogP contribution in [0.2, 0.25) is 0 Å². The lowest BCUT2D eigenvalue weighted by molar-refractivity contribution is 0.0729. The van der Waals surface area contributed by atoms with Crippen LogP contribution in [-0.4, -0.2) is 51.2 Å². The molecule has 0 aliphatic carbocycles. The van der Waals surface area contributed by atoms with Crippen LogP contribution in [0.25, 0.3) is 0 Å². The molecule has 1 amide bonds. The number of methoxy groups -OCH3 is 2. The summed E-state index contributed by atoms with van der Waals surface area (Å²) in [7, 11) is 3.10. The van der Waals surface area contributed by atoms with E-state index in [1.54, 1.807) is 26.4 Å². The highest BCUT2D eigenvalue weighted by atomic mass is 79.9. The molecule has 1 aliphatic rings. The van der Waals surface area contributed by atoms with Gasteiger partial charge in [0.1, 0.15) is 17.1 Å². The van der Waals surface area contributed by atoms with E-state index in [1.165, 1.54) is 0 Å². The molecular formula is C13H17BrN2O3. The summed E-state index contributed by atoms with van der Waals surface area (Å²) in [6.45, 7) is 3.02. The molecule has 0 radical (unpaired) electrons. The van der Waals surface area contributed by atoms with Crippen LogP contribution in [0, 0.1) is 0 Å². The van der Waals surface area contributed by atoms with Crippen LogP contribution in [0.1, 0.15) is 10.4 Å². The highest BCUT2D eigenvalue weighted by molar-refractivity contribution is 9.10. The highest BCUT2D eigenvalue weighted by Crippen LogP contribution is 2.33. The smallest absolute Gasteiger partial charge is 0.261 e. The van der Waals surface area contributed by atoms with Crippen molar-refractivity contribution in [1.82, 2.24) is 10.2 Å². The number of halogens is 1. The third-order valence-electron chi connectivity index (χ3n) is 3.09. The fraction of sp³-hybridized carbons (Fsp3) is 0.462. The van der Waals surface area contributed by atoms with Crippen molar-refractivity contribution in [2.45, 2.75) is 0 Å². The largest absolute Gasteiger partial charge is 0.496 e. The van der Waals surface area contributed by atoms with Gasteiger partial charge in [-0.1, -0.05) is 15.9 Å². The first-order chi connectivity index (χ1) is 9.17. The zero-order valence-corrected chi connectivity index (χ0v) is 12.6. The number of ether oxygens (including phenoxy) is 2. The van der Waals surface area contributed by atoms with E-state index in [0.717, 1.165) is 17.6 Å². The molecule has 2 rings (SSSR count). The maximum atomic E-state index is 12.6. The van der Waals surface area contributed by atoms with Crippen molar-refractivity contribution in [2.24, 2.45) is 0 Å². The molecule has 1 saturated heterocycles. The first kappa shape index (κ1) is 14.1. The second kappa shape index (κ2) is 6.25. The van der Waals surface area contributed by atoms with Crippen molar-refractivity contribution in [3.8, 4) is 11.5 Å². The number of nitrogens with one attached hydrogen (secondary N) is 1. The van der Waals surface area contributed by atoms with Crippen molar-refractivity contribution in [3.05, 3.63) is 22.2 Å². The molecule has 0 unspecified atom stereocenters. The topological polar surface area (TPSA) is 50.8 Å². The molecule has 6 heteroatoms. The summed E-state index contributed by atoms with van der Waals surface area (Å²) in [6.07, 6.45) is 0. The van der Waals surface area contributed by atoms with E-state index in [1.807, 2.05) is 4.90 Å². The summed E-state index contributed by atoms with van der Waals surface area (Å²) in [5.41, 5.74) is 0.482. The van der Waals surface area contributed by atoms with Gasteiger partial charge < -0.3 is 19.7 Å².